The monoisotopic (exact) mass is 468 g/mol. The maximum atomic E-state index is 12.1. The number of esters is 1. The second kappa shape index (κ2) is 11.1. The standard InChI is InChI=1S/C24H18Cl2N2O4/c1-31-22-13-17(15-27-28-24(30)18-9-10-19(25)20(26)14-18)7-11-21(22)32-23(29)12-8-16-5-3-2-4-6-16/h2-15H,1H3,(H,28,30)/b12-8+,27-15+. The van der Waals surface area contributed by atoms with Crippen molar-refractivity contribution in [2.45, 2.75) is 0 Å². The van der Waals surface area contributed by atoms with E-state index in [1.54, 1.807) is 24.3 Å². The summed E-state index contributed by atoms with van der Waals surface area (Å²) >= 11 is 11.8. The van der Waals surface area contributed by atoms with Crippen LogP contribution < -0.4 is 14.9 Å². The van der Waals surface area contributed by atoms with Gasteiger partial charge in [0.15, 0.2) is 11.5 Å². The fraction of sp³-hybridized carbons (Fsp3) is 0.0417. The second-order valence-electron chi connectivity index (χ2n) is 6.40. The van der Waals surface area contributed by atoms with Crippen molar-refractivity contribution in [1.29, 1.82) is 0 Å². The first-order valence-electron chi connectivity index (χ1n) is 9.37. The van der Waals surface area contributed by atoms with Gasteiger partial charge in [-0.05, 0) is 53.6 Å². The molecule has 1 N–H and O–H groups in total. The predicted octanol–water partition coefficient (Wildman–Crippen LogP) is 5.38. The molecule has 0 unspecified atom stereocenters. The first-order valence-corrected chi connectivity index (χ1v) is 10.1. The van der Waals surface area contributed by atoms with E-state index >= 15 is 0 Å². The molecule has 0 fully saturated rings. The Bertz CT molecular complexity index is 1180. The van der Waals surface area contributed by atoms with Crippen molar-refractivity contribution >= 4 is 47.4 Å². The quantitative estimate of drug-likeness (QED) is 0.166. The molecule has 0 bridgehead atoms. The van der Waals surface area contributed by atoms with Crippen LogP contribution in [0.5, 0.6) is 11.5 Å². The van der Waals surface area contributed by atoms with Crippen LogP contribution in [-0.2, 0) is 4.79 Å². The smallest absolute Gasteiger partial charge is 0.336 e. The molecular formula is C24H18Cl2N2O4. The minimum Gasteiger partial charge on any atom is -0.493 e. The molecule has 6 nitrogen and oxygen atoms in total. The third-order valence-electron chi connectivity index (χ3n) is 4.17. The zero-order chi connectivity index (χ0) is 22.9. The lowest BCUT2D eigenvalue weighted by atomic mass is 10.2. The molecule has 0 aliphatic carbocycles. The first kappa shape index (κ1) is 23.1. The van der Waals surface area contributed by atoms with E-state index in [9.17, 15) is 9.59 Å². The van der Waals surface area contributed by atoms with Crippen LogP contribution in [0.4, 0.5) is 0 Å². The maximum Gasteiger partial charge on any atom is 0.336 e. The van der Waals surface area contributed by atoms with E-state index in [0.717, 1.165) is 5.56 Å². The number of hydrazone groups is 1. The normalized spacial score (nSPS) is 11.0. The van der Waals surface area contributed by atoms with Crippen LogP contribution in [-0.4, -0.2) is 25.2 Å². The molecule has 1 amide bonds. The number of hydrogen-bond donors (Lipinski definition) is 1. The minimum absolute atomic E-state index is 0.257. The molecule has 8 heteroatoms. The molecule has 0 saturated carbocycles. The van der Waals surface area contributed by atoms with Gasteiger partial charge in [-0.15, -0.1) is 0 Å². The van der Waals surface area contributed by atoms with Crippen molar-refractivity contribution in [1.82, 2.24) is 5.43 Å². The van der Waals surface area contributed by atoms with Crippen molar-refractivity contribution in [2.24, 2.45) is 5.10 Å². The number of halogens is 2. The minimum atomic E-state index is -0.539. The van der Waals surface area contributed by atoms with Gasteiger partial charge in [0.1, 0.15) is 0 Å². The first-order chi connectivity index (χ1) is 15.5. The summed E-state index contributed by atoms with van der Waals surface area (Å²) in [6.45, 7) is 0. The molecule has 0 heterocycles. The lowest BCUT2D eigenvalue weighted by Gasteiger charge is -2.08. The van der Waals surface area contributed by atoms with E-state index in [2.05, 4.69) is 10.5 Å². The van der Waals surface area contributed by atoms with Crippen LogP contribution in [0.2, 0.25) is 10.0 Å². The van der Waals surface area contributed by atoms with Crippen LogP contribution in [0.25, 0.3) is 6.08 Å². The Balaban J connectivity index is 1.62. The fourth-order valence-corrected chi connectivity index (χ4v) is 2.89. The number of nitrogens with zero attached hydrogens (tertiary/aromatic N) is 1. The zero-order valence-corrected chi connectivity index (χ0v) is 18.4. The van der Waals surface area contributed by atoms with Crippen LogP contribution in [0.15, 0.2) is 77.9 Å². The zero-order valence-electron chi connectivity index (χ0n) is 16.9. The van der Waals surface area contributed by atoms with Crippen molar-refractivity contribution in [3.8, 4) is 11.5 Å². The lowest BCUT2D eigenvalue weighted by molar-refractivity contribution is -0.129. The van der Waals surface area contributed by atoms with E-state index < -0.39 is 11.9 Å². The Morgan fingerprint density at radius 1 is 0.906 bits per heavy atom. The van der Waals surface area contributed by atoms with Crippen LogP contribution in [0.3, 0.4) is 0 Å². The Hall–Kier alpha value is -3.61. The van der Waals surface area contributed by atoms with Gasteiger partial charge in [0, 0.05) is 11.6 Å². The van der Waals surface area contributed by atoms with Gasteiger partial charge in [-0.2, -0.15) is 5.10 Å². The molecule has 0 aliphatic heterocycles. The van der Waals surface area contributed by atoms with Crippen molar-refractivity contribution in [3.05, 3.63) is 99.5 Å². The average Bonchev–Trinajstić information content (AvgIpc) is 2.81. The van der Waals surface area contributed by atoms with Crippen LogP contribution in [0.1, 0.15) is 21.5 Å². The average molecular weight is 469 g/mol. The summed E-state index contributed by atoms with van der Waals surface area (Å²) in [5.74, 6) is -0.386. The maximum absolute atomic E-state index is 12.1. The van der Waals surface area contributed by atoms with E-state index in [4.69, 9.17) is 32.7 Å². The molecule has 0 atom stereocenters. The number of carbonyl (C=O) groups is 2. The summed E-state index contributed by atoms with van der Waals surface area (Å²) in [4.78, 5) is 24.3. The van der Waals surface area contributed by atoms with E-state index in [0.29, 0.717) is 21.9 Å². The summed E-state index contributed by atoms with van der Waals surface area (Å²) in [5.41, 5.74) is 4.23. The highest BCUT2D eigenvalue weighted by Gasteiger charge is 2.10. The Kier molecular flexibility index (Phi) is 8.02. The van der Waals surface area contributed by atoms with Crippen LogP contribution >= 0.6 is 23.2 Å². The largest absolute Gasteiger partial charge is 0.493 e. The van der Waals surface area contributed by atoms with Gasteiger partial charge in [0.2, 0.25) is 0 Å². The third-order valence-corrected chi connectivity index (χ3v) is 4.91. The Morgan fingerprint density at radius 3 is 2.41 bits per heavy atom. The lowest BCUT2D eigenvalue weighted by Crippen LogP contribution is -2.17. The summed E-state index contributed by atoms with van der Waals surface area (Å²) in [7, 11) is 1.46. The molecule has 32 heavy (non-hydrogen) atoms. The van der Waals surface area contributed by atoms with Gasteiger partial charge in [-0.3, -0.25) is 4.79 Å². The SMILES string of the molecule is COc1cc(/C=N/NC(=O)c2ccc(Cl)c(Cl)c2)ccc1OC(=O)/C=C/c1ccccc1. The fourth-order valence-electron chi connectivity index (χ4n) is 2.59. The van der Waals surface area contributed by atoms with Crippen LogP contribution in [0, 0.1) is 0 Å². The molecule has 0 aromatic heterocycles. The number of rotatable bonds is 7. The molecule has 3 aromatic rings. The van der Waals surface area contributed by atoms with Gasteiger partial charge in [0.25, 0.3) is 5.91 Å². The van der Waals surface area contributed by atoms with E-state index in [1.165, 1.54) is 37.6 Å². The van der Waals surface area contributed by atoms with E-state index in [1.807, 2.05) is 30.3 Å². The number of amides is 1. The number of hydrogen-bond acceptors (Lipinski definition) is 5. The van der Waals surface area contributed by atoms with Crippen molar-refractivity contribution in [2.75, 3.05) is 7.11 Å². The van der Waals surface area contributed by atoms with Gasteiger partial charge in [-0.25, -0.2) is 10.2 Å². The Morgan fingerprint density at radius 2 is 1.69 bits per heavy atom. The Labute approximate surface area is 195 Å². The number of carbonyl (C=O) groups excluding carboxylic acids is 2. The summed E-state index contributed by atoms with van der Waals surface area (Å²) in [6, 6.07) is 18.8. The summed E-state index contributed by atoms with van der Waals surface area (Å²) in [6.07, 6.45) is 4.42. The van der Waals surface area contributed by atoms with Gasteiger partial charge >= 0.3 is 5.97 Å². The highest BCUT2D eigenvalue weighted by Crippen LogP contribution is 2.28. The molecule has 0 aliphatic rings. The number of nitrogens with one attached hydrogen (secondary N) is 1. The van der Waals surface area contributed by atoms with Crippen molar-refractivity contribution in [3.63, 3.8) is 0 Å². The highest BCUT2D eigenvalue weighted by atomic mass is 35.5. The van der Waals surface area contributed by atoms with E-state index in [-0.39, 0.29) is 10.8 Å². The highest BCUT2D eigenvalue weighted by molar-refractivity contribution is 6.42. The molecule has 0 spiro atoms. The van der Waals surface area contributed by atoms with Gasteiger partial charge in [-0.1, -0.05) is 53.5 Å². The number of methoxy groups -OCH3 is 1. The summed E-state index contributed by atoms with van der Waals surface area (Å²) < 4.78 is 10.6. The molecule has 0 radical (unpaired) electrons. The molecular weight excluding hydrogens is 451 g/mol. The van der Waals surface area contributed by atoms with Gasteiger partial charge < -0.3 is 9.47 Å². The molecule has 162 valence electrons. The number of benzene rings is 3. The van der Waals surface area contributed by atoms with Gasteiger partial charge in [0.05, 0.1) is 23.4 Å². The molecule has 0 saturated heterocycles. The number of ether oxygens (including phenoxy) is 2. The third kappa shape index (κ3) is 6.44. The summed E-state index contributed by atoms with van der Waals surface area (Å²) in [5, 5.41) is 4.56. The predicted molar refractivity (Wildman–Crippen MR) is 126 cm³/mol. The molecule has 3 rings (SSSR count). The topological polar surface area (TPSA) is 77.0 Å². The molecule has 3 aromatic carbocycles. The second-order valence-corrected chi connectivity index (χ2v) is 7.22. The van der Waals surface area contributed by atoms with Crippen molar-refractivity contribution < 1.29 is 19.1 Å².